The van der Waals surface area contributed by atoms with E-state index in [2.05, 4.69) is 20.7 Å². The molecule has 0 bridgehead atoms. The fourth-order valence-corrected chi connectivity index (χ4v) is 3.23. The van der Waals surface area contributed by atoms with Gasteiger partial charge in [0.1, 0.15) is 5.82 Å². The van der Waals surface area contributed by atoms with E-state index < -0.39 is 21.8 Å². The second-order valence-corrected chi connectivity index (χ2v) is 6.57. The SMILES string of the molecule is O=C(O)c1ccc(S(=O)(=O)Nc2c(F)cccc2Br)cc1. The second kappa shape index (κ2) is 5.82. The number of sulfonamides is 1. The maximum Gasteiger partial charge on any atom is 0.335 e. The Morgan fingerprint density at radius 1 is 1.14 bits per heavy atom. The Labute approximate surface area is 128 Å². The monoisotopic (exact) mass is 373 g/mol. The van der Waals surface area contributed by atoms with Crippen LogP contribution in [0.2, 0.25) is 0 Å². The van der Waals surface area contributed by atoms with Crippen molar-refractivity contribution in [2.24, 2.45) is 0 Å². The average molecular weight is 374 g/mol. The van der Waals surface area contributed by atoms with Crippen LogP contribution in [0, 0.1) is 5.82 Å². The molecule has 0 unspecified atom stereocenters. The van der Waals surface area contributed by atoms with Crippen LogP contribution in [0.4, 0.5) is 10.1 Å². The summed E-state index contributed by atoms with van der Waals surface area (Å²) in [5.74, 6) is -1.89. The van der Waals surface area contributed by atoms with Crippen molar-refractivity contribution in [1.29, 1.82) is 0 Å². The summed E-state index contributed by atoms with van der Waals surface area (Å²) in [7, 11) is -4.01. The Morgan fingerprint density at radius 3 is 2.29 bits per heavy atom. The highest BCUT2D eigenvalue weighted by Crippen LogP contribution is 2.27. The van der Waals surface area contributed by atoms with Gasteiger partial charge in [-0.05, 0) is 52.3 Å². The third-order valence-electron chi connectivity index (χ3n) is 2.61. The Hall–Kier alpha value is -1.93. The topological polar surface area (TPSA) is 83.5 Å². The van der Waals surface area contributed by atoms with Gasteiger partial charge in [-0.1, -0.05) is 6.07 Å². The van der Waals surface area contributed by atoms with Crippen LogP contribution in [0.15, 0.2) is 51.8 Å². The van der Waals surface area contributed by atoms with Crippen molar-refractivity contribution in [2.45, 2.75) is 4.90 Å². The molecule has 0 amide bonds. The van der Waals surface area contributed by atoms with Gasteiger partial charge in [-0.25, -0.2) is 17.6 Å². The number of rotatable bonds is 4. The Bertz CT molecular complexity index is 770. The predicted octanol–water partition coefficient (Wildman–Crippen LogP) is 3.09. The second-order valence-electron chi connectivity index (χ2n) is 4.03. The maximum absolute atomic E-state index is 13.6. The van der Waals surface area contributed by atoms with E-state index in [1.807, 2.05) is 0 Å². The zero-order valence-electron chi connectivity index (χ0n) is 10.4. The van der Waals surface area contributed by atoms with Gasteiger partial charge < -0.3 is 5.11 Å². The molecule has 0 aliphatic carbocycles. The Balaban J connectivity index is 2.36. The van der Waals surface area contributed by atoms with Crippen LogP contribution in [0.3, 0.4) is 0 Å². The van der Waals surface area contributed by atoms with E-state index in [-0.39, 0.29) is 20.6 Å². The standard InChI is InChI=1S/C13H9BrFNO4S/c14-10-2-1-3-11(15)12(10)16-21(19,20)9-6-4-8(5-7-9)13(17)18/h1-7,16H,(H,17,18). The molecule has 0 fully saturated rings. The van der Waals surface area contributed by atoms with E-state index in [0.29, 0.717) is 0 Å². The number of para-hydroxylation sites is 1. The van der Waals surface area contributed by atoms with Gasteiger partial charge in [0.15, 0.2) is 0 Å². The lowest BCUT2D eigenvalue weighted by molar-refractivity contribution is 0.0696. The van der Waals surface area contributed by atoms with Gasteiger partial charge in [-0.3, -0.25) is 4.72 Å². The number of benzene rings is 2. The number of aromatic carboxylic acids is 1. The van der Waals surface area contributed by atoms with E-state index in [1.54, 1.807) is 0 Å². The van der Waals surface area contributed by atoms with Crippen molar-refractivity contribution < 1.29 is 22.7 Å². The van der Waals surface area contributed by atoms with Crippen LogP contribution in [0.5, 0.6) is 0 Å². The fourth-order valence-electron chi connectivity index (χ4n) is 1.57. The fraction of sp³-hybridized carbons (Fsp3) is 0. The Kier molecular flexibility index (Phi) is 4.29. The quantitative estimate of drug-likeness (QED) is 0.862. The molecule has 2 N–H and O–H groups in total. The average Bonchev–Trinajstić information content (AvgIpc) is 2.43. The lowest BCUT2D eigenvalue weighted by Gasteiger charge is -2.10. The first-order valence-electron chi connectivity index (χ1n) is 5.61. The molecule has 21 heavy (non-hydrogen) atoms. The molecule has 0 saturated heterocycles. The first kappa shape index (κ1) is 15.5. The smallest absolute Gasteiger partial charge is 0.335 e. The van der Waals surface area contributed by atoms with E-state index in [4.69, 9.17) is 5.11 Å². The van der Waals surface area contributed by atoms with Gasteiger partial charge in [0.25, 0.3) is 10.0 Å². The first-order valence-corrected chi connectivity index (χ1v) is 7.89. The molecule has 0 saturated carbocycles. The third kappa shape index (κ3) is 3.40. The van der Waals surface area contributed by atoms with E-state index in [9.17, 15) is 17.6 Å². The number of hydrogen-bond donors (Lipinski definition) is 2. The van der Waals surface area contributed by atoms with Gasteiger partial charge in [0.2, 0.25) is 0 Å². The summed E-state index contributed by atoms with van der Waals surface area (Å²) < 4.78 is 40.3. The lowest BCUT2D eigenvalue weighted by atomic mass is 10.2. The molecule has 0 spiro atoms. The number of anilines is 1. The van der Waals surface area contributed by atoms with Crippen molar-refractivity contribution in [3.63, 3.8) is 0 Å². The minimum Gasteiger partial charge on any atom is -0.478 e. The number of hydrogen-bond acceptors (Lipinski definition) is 3. The highest BCUT2D eigenvalue weighted by molar-refractivity contribution is 9.10. The van der Waals surface area contributed by atoms with Crippen molar-refractivity contribution >= 4 is 37.6 Å². The van der Waals surface area contributed by atoms with Crippen LogP contribution in [-0.2, 0) is 10.0 Å². The molecule has 8 heteroatoms. The largest absolute Gasteiger partial charge is 0.478 e. The van der Waals surface area contributed by atoms with Gasteiger partial charge >= 0.3 is 5.97 Å². The van der Waals surface area contributed by atoms with Crippen molar-refractivity contribution in [3.05, 3.63) is 58.3 Å². The molecular formula is C13H9BrFNO4S. The number of carboxylic acids is 1. The summed E-state index contributed by atoms with van der Waals surface area (Å²) in [6.45, 7) is 0. The summed E-state index contributed by atoms with van der Waals surface area (Å²) in [6.07, 6.45) is 0. The van der Waals surface area contributed by atoms with Crippen LogP contribution < -0.4 is 4.72 Å². The van der Waals surface area contributed by atoms with Crippen LogP contribution in [-0.4, -0.2) is 19.5 Å². The predicted molar refractivity (Wildman–Crippen MR) is 78.3 cm³/mol. The zero-order valence-corrected chi connectivity index (χ0v) is 12.8. The Morgan fingerprint density at radius 2 is 1.76 bits per heavy atom. The first-order chi connectivity index (χ1) is 9.81. The van der Waals surface area contributed by atoms with Crippen molar-refractivity contribution in [1.82, 2.24) is 0 Å². The number of halogens is 2. The highest BCUT2D eigenvalue weighted by Gasteiger charge is 2.18. The lowest BCUT2D eigenvalue weighted by Crippen LogP contribution is -2.14. The van der Waals surface area contributed by atoms with Gasteiger partial charge in [0, 0.05) is 4.47 Å². The molecule has 0 aromatic heterocycles. The molecule has 5 nitrogen and oxygen atoms in total. The minimum absolute atomic E-state index is 0.0407. The molecule has 0 radical (unpaired) electrons. The maximum atomic E-state index is 13.6. The van der Waals surface area contributed by atoms with Gasteiger partial charge in [-0.2, -0.15) is 0 Å². The van der Waals surface area contributed by atoms with E-state index >= 15 is 0 Å². The summed E-state index contributed by atoms with van der Waals surface area (Å²) in [5, 5.41) is 8.77. The molecule has 0 atom stereocenters. The number of nitrogens with one attached hydrogen (secondary N) is 1. The van der Waals surface area contributed by atoms with Gasteiger partial charge in [-0.15, -0.1) is 0 Å². The molecule has 2 aromatic rings. The zero-order chi connectivity index (χ0) is 15.6. The molecule has 0 aliphatic heterocycles. The summed E-state index contributed by atoms with van der Waals surface area (Å²) in [5.41, 5.74) is -0.249. The van der Waals surface area contributed by atoms with Crippen LogP contribution in [0.25, 0.3) is 0 Å². The molecule has 0 heterocycles. The molecule has 2 rings (SSSR count). The molecule has 110 valence electrons. The number of carboxylic acid groups (broad SMARTS) is 1. The van der Waals surface area contributed by atoms with Crippen molar-refractivity contribution in [3.8, 4) is 0 Å². The number of carbonyl (C=O) groups is 1. The van der Waals surface area contributed by atoms with Crippen LogP contribution in [0.1, 0.15) is 10.4 Å². The highest BCUT2D eigenvalue weighted by atomic mass is 79.9. The van der Waals surface area contributed by atoms with E-state index in [0.717, 1.165) is 30.3 Å². The summed E-state index contributed by atoms with van der Waals surface area (Å²) in [6, 6.07) is 8.64. The van der Waals surface area contributed by atoms with E-state index in [1.165, 1.54) is 12.1 Å². The normalized spacial score (nSPS) is 11.1. The molecule has 2 aromatic carbocycles. The minimum atomic E-state index is -4.01. The van der Waals surface area contributed by atoms with Crippen molar-refractivity contribution in [2.75, 3.05) is 4.72 Å². The van der Waals surface area contributed by atoms with Crippen LogP contribution >= 0.6 is 15.9 Å². The third-order valence-corrected chi connectivity index (χ3v) is 4.64. The summed E-state index contributed by atoms with van der Waals surface area (Å²) >= 11 is 3.06. The summed E-state index contributed by atoms with van der Waals surface area (Å²) in [4.78, 5) is 10.6. The van der Waals surface area contributed by atoms with Gasteiger partial charge in [0.05, 0.1) is 16.1 Å². The molecule has 0 aliphatic rings. The molecular weight excluding hydrogens is 365 g/mol.